The van der Waals surface area contributed by atoms with E-state index in [0.29, 0.717) is 5.94 Å². The molecule has 0 saturated heterocycles. The van der Waals surface area contributed by atoms with Crippen molar-refractivity contribution in [2.45, 2.75) is 44.6 Å². The van der Waals surface area contributed by atoms with Gasteiger partial charge in [0.25, 0.3) is 0 Å². The predicted molar refractivity (Wildman–Crippen MR) is 99.7 cm³/mol. The third kappa shape index (κ3) is 3.69. The van der Waals surface area contributed by atoms with Gasteiger partial charge >= 0.3 is 5.97 Å². The fourth-order valence-corrected chi connectivity index (χ4v) is 3.93. The Morgan fingerprint density at radius 1 is 1.17 bits per heavy atom. The Bertz CT molecular complexity index is 713. The number of carbonyl (C=O) groups is 1. The summed E-state index contributed by atoms with van der Waals surface area (Å²) in [6, 6.07) is 12.6. The van der Waals surface area contributed by atoms with Gasteiger partial charge in [0.2, 0.25) is 0 Å². The van der Waals surface area contributed by atoms with E-state index in [1.54, 1.807) is 11.8 Å². The highest BCUT2D eigenvalue weighted by Gasteiger charge is 2.32. The first kappa shape index (κ1) is 17.2. The standard InChI is InChI=1S/C20H24O3S/c1-14(21)23-18-10-6-5-9-17(18)20-16-8-4-3-7-15(16)11-12-19(20)22-13-24-2/h3-4,7-8,11-12,17-18H,5-6,9-10,13H2,1-2H3/t17-,18+/m0/s1. The average Bonchev–Trinajstić information content (AvgIpc) is 2.59. The van der Waals surface area contributed by atoms with Crippen molar-refractivity contribution in [1.29, 1.82) is 0 Å². The molecular formula is C20H24O3S. The molecule has 1 fully saturated rings. The van der Waals surface area contributed by atoms with Crippen molar-refractivity contribution in [3.63, 3.8) is 0 Å². The molecule has 0 aliphatic heterocycles. The topological polar surface area (TPSA) is 35.5 Å². The summed E-state index contributed by atoms with van der Waals surface area (Å²) in [5.74, 6) is 1.55. The van der Waals surface area contributed by atoms with Gasteiger partial charge in [-0.05, 0) is 42.4 Å². The molecule has 0 spiro atoms. The van der Waals surface area contributed by atoms with E-state index in [-0.39, 0.29) is 18.0 Å². The summed E-state index contributed by atoms with van der Waals surface area (Å²) in [5, 5.41) is 2.41. The smallest absolute Gasteiger partial charge is 0.302 e. The highest BCUT2D eigenvalue weighted by Crippen LogP contribution is 2.43. The molecule has 4 heteroatoms. The number of carbonyl (C=O) groups excluding carboxylic acids is 1. The SMILES string of the molecule is CSCOc1ccc2ccccc2c1[C@H]1CCCC[C@H]1OC(C)=O. The number of rotatable bonds is 5. The van der Waals surface area contributed by atoms with E-state index in [9.17, 15) is 4.79 Å². The van der Waals surface area contributed by atoms with E-state index in [1.165, 1.54) is 23.3 Å². The van der Waals surface area contributed by atoms with Crippen molar-refractivity contribution in [2.24, 2.45) is 0 Å². The van der Waals surface area contributed by atoms with E-state index in [4.69, 9.17) is 9.47 Å². The molecule has 3 nitrogen and oxygen atoms in total. The van der Waals surface area contributed by atoms with E-state index >= 15 is 0 Å². The summed E-state index contributed by atoms with van der Waals surface area (Å²) in [4.78, 5) is 11.6. The van der Waals surface area contributed by atoms with Gasteiger partial charge in [-0.25, -0.2) is 0 Å². The normalized spacial score (nSPS) is 20.8. The van der Waals surface area contributed by atoms with Gasteiger partial charge in [0, 0.05) is 18.4 Å². The second-order valence-corrected chi connectivity index (χ2v) is 7.10. The van der Waals surface area contributed by atoms with Gasteiger partial charge in [0.05, 0.1) is 0 Å². The summed E-state index contributed by atoms with van der Waals surface area (Å²) in [5.41, 5.74) is 1.20. The van der Waals surface area contributed by atoms with Gasteiger partial charge in [-0.2, -0.15) is 0 Å². The Morgan fingerprint density at radius 3 is 2.75 bits per heavy atom. The first-order valence-corrected chi connectivity index (χ1v) is 9.90. The van der Waals surface area contributed by atoms with Crippen molar-refractivity contribution in [1.82, 2.24) is 0 Å². The average molecular weight is 344 g/mol. The summed E-state index contributed by atoms with van der Waals surface area (Å²) >= 11 is 1.66. The number of hydrogen-bond acceptors (Lipinski definition) is 4. The molecule has 128 valence electrons. The largest absolute Gasteiger partial charge is 0.483 e. The third-order valence-corrected chi connectivity index (χ3v) is 5.01. The lowest BCUT2D eigenvalue weighted by Gasteiger charge is -2.33. The molecule has 0 bridgehead atoms. The fourth-order valence-electron chi connectivity index (χ4n) is 3.69. The van der Waals surface area contributed by atoms with Gasteiger partial charge in [0.15, 0.2) is 0 Å². The molecule has 0 aromatic heterocycles. The molecule has 0 heterocycles. The van der Waals surface area contributed by atoms with E-state index in [0.717, 1.165) is 31.4 Å². The molecule has 3 rings (SSSR count). The number of thioether (sulfide) groups is 1. The summed E-state index contributed by atoms with van der Waals surface area (Å²) < 4.78 is 11.7. The first-order chi connectivity index (χ1) is 11.7. The maximum Gasteiger partial charge on any atom is 0.302 e. The maximum atomic E-state index is 11.6. The molecule has 0 radical (unpaired) electrons. The van der Waals surface area contributed by atoms with Gasteiger partial charge in [-0.3, -0.25) is 4.79 Å². The number of fused-ring (bicyclic) bond motifs is 1. The Hall–Kier alpha value is -1.68. The minimum atomic E-state index is -0.196. The molecule has 0 amide bonds. The van der Waals surface area contributed by atoms with E-state index < -0.39 is 0 Å². The first-order valence-electron chi connectivity index (χ1n) is 8.51. The van der Waals surface area contributed by atoms with Crippen LogP contribution in [-0.4, -0.2) is 24.3 Å². The quantitative estimate of drug-likeness (QED) is 0.556. The zero-order valence-electron chi connectivity index (χ0n) is 14.3. The molecule has 2 aromatic rings. The van der Waals surface area contributed by atoms with Crippen LogP contribution in [0.2, 0.25) is 0 Å². The minimum absolute atomic E-state index is 0.0568. The van der Waals surface area contributed by atoms with Gasteiger partial charge in [-0.1, -0.05) is 36.8 Å². The Labute approximate surface area is 147 Å². The van der Waals surface area contributed by atoms with Crippen LogP contribution in [0.1, 0.15) is 44.1 Å². The summed E-state index contributed by atoms with van der Waals surface area (Å²) in [7, 11) is 0. The molecule has 0 N–H and O–H groups in total. The lowest BCUT2D eigenvalue weighted by Crippen LogP contribution is -2.28. The monoisotopic (exact) mass is 344 g/mol. The van der Waals surface area contributed by atoms with Crippen LogP contribution in [-0.2, 0) is 9.53 Å². The van der Waals surface area contributed by atoms with Gasteiger partial charge < -0.3 is 9.47 Å². The predicted octanol–water partition coefficient (Wildman–Crippen LogP) is 5.13. The van der Waals surface area contributed by atoms with E-state index in [1.807, 2.05) is 6.26 Å². The van der Waals surface area contributed by atoms with Crippen molar-refractivity contribution < 1.29 is 14.3 Å². The van der Waals surface area contributed by atoms with Crippen molar-refractivity contribution in [2.75, 3.05) is 12.2 Å². The molecular weight excluding hydrogens is 320 g/mol. The molecule has 2 aromatic carbocycles. The van der Waals surface area contributed by atoms with Crippen LogP contribution in [0.15, 0.2) is 36.4 Å². The van der Waals surface area contributed by atoms with Crippen LogP contribution < -0.4 is 4.74 Å². The van der Waals surface area contributed by atoms with Gasteiger partial charge in [-0.15, -0.1) is 11.8 Å². The molecule has 0 unspecified atom stereocenters. The van der Waals surface area contributed by atoms with Crippen LogP contribution in [0, 0.1) is 0 Å². The third-order valence-electron chi connectivity index (χ3n) is 4.65. The highest BCUT2D eigenvalue weighted by molar-refractivity contribution is 7.98. The van der Waals surface area contributed by atoms with Crippen molar-refractivity contribution in [3.05, 3.63) is 42.0 Å². The number of hydrogen-bond donors (Lipinski definition) is 0. The zero-order chi connectivity index (χ0) is 16.9. The van der Waals surface area contributed by atoms with Crippen LogP contribution in [0.5, 0.6) is 5.75 Å². The summed E-state index contributed by atoms with van der Waals surface area (Å²) in [6.45, 7) is 1.50. The maximum absolute atomic E-state index is 11.6. The second kappa shape index (κ2) is 7.93. The molecule has 2 atom stereocenters. The van der Waals surface area contributed by atoms with Crippen LogP contribution in [0.25, 0.3) is 10.8 Å². The number of esters is 1. The van der Waals surface area contributed by atoms with Crippen LogP contribution in [0.3, 0.4) is 0 Å². The van der Waals surface area contributed by atoms with Crippen molar-refractivity contribution in [3.8, 4) is 5.75 Å². The Kier molecular flexibility index (Phi) is 5.67. The highest BCUT2D eigenvalue weighted by atomic mass is 32.2. The zero-order valence-corrected chi connectivity index (χ0v) is 15.1. The second-order valence-electron chi connectivity index (χ2n) is 6.29. The van der Waals surface area contributed by atoms with Crippen LogP contribution in [0.4, 0.5) is 0 Å². The summed E-state index contributed by atoms with van der Waals surface area (Å²) in [6.07, 6.45) is 6.20. The lowest BCUT2D eigenvalue weighted by atomic mass is 9.79. The molecule has 1 aliphatic carbocycles. The van der Waals surface area contributed by atoms with Crippen molar-refractivity contribution >= 4 is 28.5 Å². The minimum Gasteiger partial charge on any atom is -0.483 e. The molecule has 24 heavy (non-hydrogen) atoms. The Morgan fingerprint density at radius 2 is 1.96 bits per heavy atom. The number of ether oxygens (including phenoxy) is 2. The Balaban J connectivity index is 2.07. The van der Waals surface area contributed by atoms with Crippen LogP contribution >= 0.6 is 11.8 Å². The van der Waals surface area contributed by atoms with Gasteiger partial charge in [0.1, 0.15) is 17.8 Å². The fraction of sp³-hybridized carbons (Fsp3) is 0.450. The lowest BCUT2D eigenvalue weighted by molar-refractivity contribution is -0.148. The van der Waals surface area contributed by atoms with E-state index in [2.05, 4.69) is 36.4 Å². The molecule has 1 saturated carbocycles. The number of benzene rings is 2. The molecule has 1 aliphatic rings.